The van der Waals surface area contributed by atoms with Gasteiger partial charge in [0.1, 0.15) is 5.58 Å². The van der Waals surface area contributed by atoms with E-state index in [1.54, 1.807) is 42.5 Å². The number of aryl methyl sites for hydroxylation is 1. The molecule has 2 heterocycles. The molecule has 0 saturated heterocycles. The summed E-state index contributed by atoms with van der Waals surface area (Å²) in [6, 6.07) is 18.4. The van der Waals surface area contributed by atoms with Gasteiger partial charge in [-0.25, -0.2) is 0 Å². The predicted molar refractivity (Wildman–Crippen MR) is 123 cm³/mol. The monoisotopic (exact) mass is 477 g/mol. The third-order valence-corrected chi connectivity index (χ3v) is 5.93. The molecule has 1 amide bonds. The number of anilines is 1. The van der Waals surface area contributed by atoms with Gasteiger partial charge in [-0.3, -0.25) is 14.5 Å². The molecule has 1 unspecified atom stereocenters. The number of amides is 1. The molecule has 0 aliphatic carbocycles. The molecular weight excluding hydrogens is 459 g/mol. The lowest BCUT2D eigenvalue weighted by Gasteiger charge is -2.27. The Morgan fingerprint density at radius 1 is 0.971 bits per heavy atom. The van der Waals surface area contributed by atoms with Crippen LogP contribution in [0.1, 0.15) is 33.3 Å². The van der Waals surface area contributed by atoms with E-state index in [-0.39, 0.29) is 17.0 Å². The topological polar surface area (TPSA) is 70.7 Å². The van der Waals surface area contributed by atoms with Crippen molar-refractivity contribution < 1.29 is 32.3 Å². The smallest absolute Gasteiger partial charge is 0.416 e. The summed E-state index contributed by atoms with van der Waals surface area (Å²) in [6.07, 6.45) is -4.55. The van der Waals surface area contributed by atoms with E-state index in [0.29, 0.717) is 16.5 Å². The number of ketones is 1. The van der Waals surface area contributed by atoms with Gasteiger partial charge >= 0.3 is 6.18 Å². The molecule has 1 aromatic heterocycles. The van der Waals surface area contributed by atoms with Gasteiger partial charge in [-0.15, -0.1) is 0 Å². The van der Waals surface area contributed by atoms with E-state index in [2.05, 4.69) is 0 Å². The van der Waals surface area contributed by atoms with Crippen LogP contribution in [0.5, 0.6) is 0 Å². The standard InChI is InChI=1S/C27H18F3NO4/c1-15-5-4-7-17(13-15)23-22(24(32)21-14-16-6-2-3-8-20(16)35-21)25(33)26(34)31(23)19-11-9-18(10-12-19)27(28,29)30/h2-14,23,33H,1H3. The Bertz CT molecular complexity index is 1470. The van der Waals surface area contributed by atoms with E-state index in [4.69, 9.17) is 4.42 Å². The summed E-state index contributed by atoms with van der Waals surface area (Å²) in [5.41, 5.74) is 0.835. The zero-order chi connectivity index (χ0) is 24.9. The van der Waals surface area contributed by atoms with Crippen molar-refractivity contribution in [1.29, 1.82) is 0 Å². The molecule has 176 valence electrons. The maximum absolute atomic E-state index is 13.6. The number of benzene rings is 3. The number of hydrogen-bond acceptors (Lipinski definition) is 4. The minimum atomic E-state index is -4.55. The second-order valence-electron chi connectivity index (χ2n) is 8.28. The molecule has 1 aliphatic rings. The van der Waals surface area contributed by atoms with Gasteiger partial charge < -0.3 is 9.52 Å². The maximum Gasteiger partial charge on any atom is 0.416 e. The van der Waals surface area contributed by atoms with Gasteiger partial charge in [0.15, 0.2) is 11.5 Å². The Morgan fingerprint density at radius 2 is 1.69 bits per heavy atom. The predicted octanol–water partition coefficient (Wildman–Crippen LogP) is 6.54. The van der Waals surface area contributed by atoms with Crippen LogP contribution in [-0.2, 0) is 11.0 Å². The van der Waals surface area contributed by atoms with Crippen molar-refractivity contribution in [3.05, 3.63) is 113 Å². The molecular formula is C27H18F3NO4. The third kappa shape index (κ3) is 3.86. The number of halogens is 3. The molecule has 1 N–H and O–H groups in total. The number of furan rings is 1. The average Bonchev–Trinajstić information content (AvgIpc) is 3.37. The van der Waals surface area contributed by atoms with Crippen LogP contribution in [0.2, 0.25) is 0 Å². The number of aliphatic hydroxyl groups excluding tert-OH is 1. The van der Waals surface area contributed by atoms with Crippen molar-refractivity contribution >= 4 is 28.3 Å². The van der Waals surface area contributed by atoms with E-state index in [1.165, 1.54) is 6.07 Å². The molecule has 0 radical (unpaired) electrons. The lowest BCUT2D eigenvalue weighted by molar-refractivity contribution is -0.137. The molecule has 1 atom stereocenters. The van der Waals surface area contributed by atoms with Gasteiger partial charge in [0.05, 0.1) is 17.2 Å². The van der Waals surface area contributed by atoms with Crippen molar-refractivity contribution in [3.8, 4) is 0 Å². The van der Waals surface area contributed by atoms with Crippen molar-refractivity contribution in [2.75, 3.05) is 4.90 Å². The highest BCUT2D eigenvalue weighted by Gasteiger charge is 2.45. The Hall–Kier alpha value is -4.33. The maximum atomic E-state index is 13.6. The van der Waals surface area contributed by atoms with Crippen molar-refractivity contribution in [1.82, 2.24) is 0 Å². The number of rotatable bonds is 4. The van der Waals surface area contributed by atoms with Crippen molar-refractivity contribution in [2.45, 2.75) is 19.1 Å². The van der Waals surface area contributed by atoms with Crippen LogP contribution in [0.4, 0.5) is 18.9 Å². The van der Waals surface area contributed by atoms with Gasteiger partial charge in [-0.05, 0) is 48.9 Å². The molecule has 5 nitrogen and oxygen atoms in total. The van der Waals surface area contributed by atoms with E-state index < -0.39 is 35.2 Å². The fraction of sp³-hybridized carbons (Fsp3) is 0.111. The van der Waals surface area contributed by atoms with Gasteiger partial charge in [0, 0.05) is 11.1 Å². The molecule has 0 saturated carbocycles. The normalized spacial score (nSPS) is 16.4. The third-order valence-electron chi connectivity index (χ3n) is 5.93. The number of nitrogens with zero attached hydrogens (tertiary/aromatic N) is 1. The van der Waals surface area contributed by atoms with Crippen LogP contribution in [-0.4, -0.2) is 16.8 Å². The molecule has 8 heteroatoms. The second kappa shape index (κ2) is 8.16. The Morgan fingerprint density at radius 3 is 2.34 bits per heavy atom. The zero-order valence-electron chi connectivity index (χ0n) is 18.3. The molecule has 0 spiro atoms. The van der Waals surface area contributed by atoms with Crippen LogP contribution in [0.3, 0.4) is 0 Å². The van der Waals surface area contributed by atoms with Crippen LogP contribution in [0.25, 0.3) is 11.0 Å². The van der Waals surface area contributed by atoms with Crippen LogP contribution >= 0.6 is 0 Å². The number of carbonyl (C=O) groups is 2. The fourth-order valence-electron chi connectivity index (χ4n) is 4.30. The molecule has 3 aromatic carbocycles. The van der Waals surface area contributed by atoms with Crippen molar-refractivity contribution in [2.24, 2.45) is 0 Å². The van der Waals surface area contributed by atoms with Gasteiger partial charge in [-0.1, -0.05) is 48.0 Å². The van der Waals surface area contributed by atoms with Gasteiger partial charge in [0.25, 0.3) is 5.91 Å². The van der Waals surface area contributed by atoms with Crippen LogP contribution in [0.15, 0.2) is 94.6 Å². The zero-order valence-corrected chi connectivity index (χ0v) is 18.3. The highest BCUT2D eigenvalue weighted by molar-refractivity contribution is 6.20. The lowest BCUT2D eigenvalue weighted by Crippen LogP contribution is -2.31. The van der Waals surface area contributed by atoms with Gasteiger partial charge in [-0.2, -0.15) is 13.2 Å². The highest BCUT2D eigenvalue weighted by Crippen LogP contribution is 2.43. The van der Waals surface area contributed by atoms with Gasteiger partial charge in [0.2, 0.25) is 5.78 Å². The summed E-state index contributed by atoms with van der Waals surface area (Å²) in [5, 5.41) is 11.5. The molecule has 0 fully saturated rings. The summed E-state index contributed by atoms with van der Waals surface area (Å²) >= 11 is 0. The van der Waals surface area contributed by atoms with Crippen LogP contribution in [0, 0.1) is 6.92 Å². The number of carbonyl (C=O) groups excluding carboxylic acids is 2. The Balaban J connectivity index is 1.64. The SMILES string of the molecule is Cc1cccc(C2C(C(=O)c3cc4ccccc4o3)=C(O)C(=O)N2c2ccc(C(F)(F)F)cc2)c1. The second-order valence-corrected chi connectivity index (χ2v) is 8.28. The van der Waals surface area contributed by atoms with Crippen molar-refractivity contribution in [3.63, 3.8) is 0 Å². The molecule has 0 bridgehead atoms. The first-order chi connectivity index (χ1) is 16.6. The largest absolute Gasteiger partial charge is 0.503 e. The number of Topliss-reactive ketones (excluding diaryl/α,β-unsaturated/α-hetero) is 1. The highest BCUT2D eigenvalue weighted by atomic mass is 19.4. The minimum absolute atomic E-state index is 0.0625. The van der Waals surface area contributed by atoms with E-state index in [9.17, 15) is 27.9 Å². The summed E-state index contributed by atoms with van der Waals surface area (Å²) < 4.78 is 44.9. The lowest BCUT2D eigenvalue weighted by atomic mass is 9.93. The number of hydrogen-bond donors (Lipinski definition) is 1. The quantitative estimate of drug-likeness (QED) is 0.339. The summed E-state index contributed by atoms with van der Waals surface area (Å²) in [6.45, 7) is 1.83. The van der Waals surface area contributed by atoms with Crippen LogP contribution < -0.4 is 4.90 Å². The number of alkyl halides is 3. The Labute approximate surface area is 197 Å². The Kier molecular flexibility index (Phi) is 5.24. The summed E-state index contributed by atoms with van der Waals surface area (Å²) in [5.74, 6) is -2.42. The molecule has 4 aromatic rings. The molecule has 5 rings (SSSR count). The van der Waals surface area contributed by atoms with E-state index in [1.807, 2.05) is 13.0 Å². The number of para-hydroxylation sites is 1. The fourth-order valence-corrected chi connectivity index (χ4v) is 4.30. The first kappa shape index (κ1) is 22.5. The number of fused-ring (bicyclic) bond motifs is 1. The molecule has 35 heavy (non-hydrogen) atoms. The summed E-state index contributed by atoms with van der Waals surface area (Å²) in [7, 11) is 0. The average molecular weight is 477 g/mol. The van der Waals surface area contributed by atoms with E-state index >= 15 is 0 Å². The van der Waals surface area contributed by atoms with E-state index in [0.717, 1.165) is 34.7 Å². The number of aliphatic hydroxyl groups is 1. The molecule has 1 aliphatic heterocycles. The first-order valence-corrected chi connectivity index (χ1v) is 10.7. The summed E-state index contributed by atoms with van der Waals surface area (Å²) in [4.78, 5) is 27.9. The minimum Gasteiger partial charge on any atom is -0.503 e. The first-order valence-electron chi connectivity index (χ1n) is 10.7.